The van der Waals surface area contributed by atoms with Crippen LogP contribution in [0.2, 0.25) is 0 Å². The van der Waals surface area contributed by atoms with Crippen LogP contribution < -0.4 is 0 Å². The van der Waals surface area contributed by atoms with Gasteiger partial charge in [-0.05, 0) is 37.1 Å². The van der Waals surface area contributed by atoms with Gasteiger partial charge in [0.15, 0.2) is 5.78 Å². The number of halogens is 1. The second-order valence-corrected chi connectivity index (χ2v) is 4.80. The quantitative estimate of drug-likeness (QED) is 0.790. The highest BCUT2D eigenvalue weighted by molar-refractivity contribution is 6.03. The van der Waals surface area contributed by atoms with E-state index in [2.05, 4.69) is 0 Å². The number of aryl methyl sites for hydroxylation is 2. The van der Waals surface area contributed by atoms with Gasteiger partial charge in [-0.1, -0.05) is 35.9 Å². The normalized spacial score (nSPS) is 11.7. The Hall–Kier alpha value is -2.47. The number of rotatable bonds is 3. The zero-order valence-corrected chi connectivity index (χ0v) is 11.4. The topological polar surface area (TPSA) is 40.9 Å². The lowest BCUT2D eigenvalue weighted by Crippen LogP contribution is -2.13. The number of carbonyl (C=O) groups excluding carboxylic acids is 1. The molecule has 0 aliphatic rings. The largest absolute Gasteiger partial charge is 0.292 e. The summed E-state index contributed by atoms with van der Waals surface area (Å²) >= 11 is 0. The molecule has 0 heterocycles. The van der Waals surface area contributed by atoms with Crippen LogP contribution in [0, 0.1) is 31.0 Å². The molecule has 2 aromatic carbocycles. The molecule has 1 atom stereocenters. The van der Waals surface area contributed by atoms with E-state index in [-0.39, 0.29) is 11.3 Å². The van der Waals surface area contributed by atoms with Gasteiger partial charge in [0.2, 0.25) is 0 Å². The summed E-state index contributed by atoms with van der Waals surface area (Å²) in [5.74, 6) is -1.75. The van der Waals surface area contributed by atoms with Crippen molar-refractivity contribution < 1.29 is 9.18 Å². The van der Waals surface area contributed by atoms with Crippen LogP contribution in [-0.2, 0) is 0 Å². The van der Waals surface area contributed by atoms with Crippen LogP contribution in [0.1, 0.15) is 33.0 Å². The van der Waals surface area contributed by atoms with E-state index >= 15 is 0 Å². The number of ketones is 1. The Balaban J connectivity index is 2.45. The number of hydrogen-bond donors (Lipinski definition) is 0. The van der Waals surface area contributed by atoms with Crippen LogP contribution >= 0.6 is 0 Å². The fraction of sp³-hybridized carbons (Fsp3) is 0.176. The minimum atomic E-state index is -0.907. The van der Waals surface area contributed by atoms with Crippen molar-refractivity contribution in [2.24, 2.45) is 0 Å². The molecule has 100 valence electrons. The van der Waals surface area contributed by atoms with E-state index in [0.29, 0.717) is 11.1 Å². The fourth-order valence-electron chi connectivity index (χ4n) is 2.15. The molecule has 0 saturated carbocycles. The van der Waals surface area contributed by atoms with Gasteiger partial charge in [0.25, 0.3) is 0 Å². The van der Waals surface area contributed by atoms with Gasteiger partial charge in [0.1, 0.15) is 11.7 Å². The average molecular weight is 267 g/mol. The first kappa shape index (κ1) is 14.0. The van der Waals surface area contributed by atoms with Crippen molar-refractivity contribution in [2.75, 3.05) is 0 Å². The first-order valence-corrected chi connectivity index (χ1v) is 6.29. The Morgan fingerprint density at radius 1 is 1.20 bits per heavy atom. The van der Waals surface area contributed by atoms with Crippen molar-refractivity contribution in [1.82, 2.24) is 0 Å². The molecule has 2 aromatic rings. The lowest BCUT2D eigenvalue weighted by molar-refractivity contribution is 0.0978. The molecule has 0 aliphatic heterocycles. The Morgan fingerprint density at radius 3 is 2.60 bits per heavy atom. The summed E-state index contributed by atoms with van der Waals surface area (Å²) in [6, 6.07) is 13.3. The van der Waals surface area contributed by atoms with E-state index in [1.807, 2.05) is 19.1 Å². The van der Waals surface area contributed by atoms with Crippen LogP contribution in [0.15, 0.2) is 42.5 Å². The van der Waals surface area contributed by atoms with E-state index in [4.69, 9.17) is 0 Å². The van der Waals surface area contributed by atoms with Gasteiger partial charge in [0, 0.05) is 5.56 Å². The Labute approximate surface area is 117 Å². The van der Waals surface area contributed by atoms with Gasteiger partial charge in [-0.2, -0.15) is 5.26 Å². The molecule has 20 heavy (non-hydrogen) atoms. The summed E-state index contributed by atoms with van der Waals surface area (Å²) in [7, 11) is 0. The summed E-state index contributed by atoms with van der Waals surface area (Å²) in [4.78, 5) is 12.5. The molecule has 3 heteroatoms. The summed E-state index contributed by atoms with van der Waals surface area (Å²) < 4.78 is 13.3. The van der Waals surface area contributed by atoms with Gasteiger partial charge in [-0.3, -0.25) is 4.79 Å². The Kier molecular flexibility index (Phi) is 3.95. The first-order chi connectivity index (χ1) is 9.52. The molecule has 0 amide bonds. The molecule has 2 nitrogen and oxygen atoms in total. The monoisotopic (exact) mass is 267 g/mol. The number of hydrogen-bond acceptors (Lipinski definition) is 2. The zero-order valence-electron chi connectivity index (χ0n) is 11.4. The number of benzene rings is 2. The number of nitriles is 1. The highest BCUT2D eigenvalue weighted by atomic mass is 19.1. The van der Waals surface area contributed by atoms with Crippen molar-refractivity contribution in [1.29, 1.82) is 5.26 Å². The molecular weight excluding hydrogens is 253 g/mol. The van der Waals surface area contributed by atoms with Crippen LogP contribution in [0.3, 0.4) is 0 Å². The SMILES string of the molecule is Cc1cccc(C(C#N)C(=O)c2cc(F)ccc2C)c1. The third-order valence-corrected chi connectivity index (χ3v) is 3.23. The molecule has 1 unspecified atom stereocenters. The lowest BCUT2D eigenvalue weighted by atomic mass is 9.89. The molecule has 0 fully saturated rings. The van der Waals surface area contributed by atoms with Crippen LogP contribution in [-0.4, -0.2) is 5.78 Å². The molecule has 0 bridgehead atoms. The number of Topliss-reactive ketones (excluding diaryl/α,β-unsaturated/α-hetero) is 1. The molecular formula is C17H14FNO. The van der Waals surface area contributed by atoms with Crippen molar-refractivity contribution in [3.8, 4) is 6.07 Å². The van der Waals surface area contributed by atoms with Gasteiger partial charge < -0.3 is 0 Å². The minimum absolute atomic E-state index is 0.262. The highest BCUT2D eigenvalue weighted by Crippen LogP contribution is 2.23. The molecule has 0 radical (unpaired) electrons. The average Bonchev–Trinajstić information content (AvgIpc) is 2.42. The molecule has 0 spiro atoms. The smallest absolute Gasteiger partial charge is 0.184 e. The molecule has 0 N–H and O–H groups in total. The van der Waals surface area contributed by atoms with E-state index in [1.54, 1.807) is 31.2 Å². The summed E-state index contributed by atoms with van der Waals surface area (Å²) in [6.07, 6.45) is 0. The van der Waals surface area contributed by atoms with Gasteiger partial charge in [-0.25, -0.2) is 4.39 Å². The van der Waals surface area contributed by atoms with Gasteiger partial charge >= 0.3 is 0 Å². The summed E-state index contributed by atoms with van der Waals surface area (Å²) in [5, 5.41) is 9.30. The van der Waals surface area contributed by atoms with Crippen molar-refractivity contribution in [2.45, 2.75) is 19.8 Å². The summed E-state index contributed by atoms with van der Waals surface area (Å²) in [5.41, 5.74) is 2.55. The van der Waals surface area contributed by atoms with E-state index < -0.39 is 11.7 Å². The zero-order chi connectivity index (χ0) is 14.7. The second-order valence-electron chi connectivity index (χ2n) is 4.80. The van der Waals surface area contributed by atoms with E-state index in [0.717, 1.165) is 5.56 Å². The maximum absolute atomic E-state index is 13.3. The third kappa shape index (κ3) is 2.75. The Morgan fingerprint density at radius 2 is 1.95 bits per heavy atom. The van der Waals surface area contributed by atoms with E-state index in [1.165, 1.54) is 12.1 Å². The van der Waals surface area contributed by atoms with Gasteiger partial charge in [-0.15, -0.1) is 0 Å². The van der Waals surface area contributed by atoms with Crippen molar-refractivity contribution >= 4 is 5.78 Å². The number of carbonyl (C=O) groups is 1. The Bertz CT molecular complexity index is 700. The van der Waals surface area contributed by atoms with Crippen LogP contribution in [0.4, 0.5) is 4.39 Å². The molecule has 0 aliphatic carbocycles. The van der Waals surface area contributed by atoms with Gasteiger partial charge in [0.05, 0.1) is 6.07 Å². The second kappa shape index (κ2) is 5.66. The van der Waals surface area contributed by atoms with Crippen LogP contribution in [0.5, 0.6) is 0 Å². The standard InChI is InChI=1S/C17H14FNO/c1-11-4-3-5-13(8-11)16(10-19)17(20)15-9-14(18)7-6-12(15)2/h3-9,16H,1-2H3. The molecule has 0 saturated heterocycles. The maximum Gasteiger partial charge on any atom is 0.184 e. The van der Waals surface area contributed by atoms with Crippen molar-refractivity contribution in [3.63, 3.8) is 0 Å². The first-order valence-electron chi connectivity index (χ1n) is 6.29. The van der Waals surface area contributed by atoms with E-state index in [9.17, 15) is 14.4 Å². The van der Waals surface area contributed by atoms with Crippen molar-refractivity contribution in [3.05, 3.63) is 70.5 Å². The molecule has 2 rings (SSSR count). The van der Waals surface area contributed by atoms with Crippen LogP contribution in [0.25, 0.3) is 0 Å². The lowest BCUT2D eigenvalue weighted by Gasteiger charge is -2.11. The highest BCUT2D eigenvalue weighted by Gasteiger charge is 2.23. The predicted octanol–water partition coefficient (Wildman–Crippen LogP) is 3.93. The molecule has 0 aromatic heterocycles. The maximum atomic E-state index is 13.3. The third-order valence-electron chi connectivity index (χ3n) is 3.23. The fourth-order valence-corrected chi connectivity index (χ4v) is 2.15. The predicted molar refractivity (Wildman–Crippen MR) is 75.0 cm³/mol. The summed E-state index contributed by atoms with van der Waals surface area (Å²) in [6.45, 7) is 3.63. The minimum Gasteiger partial charge on any atom is -0.292 e. The number of nitrogens with zero attached hydrogens (tertiary/aromatic N) is 1.